The third-order valence-electron chi connectivity index (χ3n) is 3.51. The van der Waals surface area contributed by atoms with Gasteiger partial charge in [0.1, 0.15) is 5.60 Å². The van der Waals surface area contributed by atoms with Crippen LogP contribution in [-0.4, -0.2) is 52.3 Å². The molecular formula is C16H30N2O4. The Balaban J connectivity index is 2.63. The molecular weight excluding hydrogens is 284 g/mol. The molecule has 0 spiro atoms. The minimum atomic E-state index is -0.854. The largest absolute Gasteiger partial charge is 0.481 e. The number of rotatable bonds is 6. The van der Waals surface area contributed by atoms with E-state index in [1.807, 2.05) is 20.8 Å². The van der Waals surface area contributed by atoms with Crippen molar-refractivity contribution in [1.82, 2.24) is 10.2 Å². The standard InChI is InChI=1S/C16H30N2O4/c1-11(2)7-12(3)17-16(8-13(19)20)9-18(10-16)14(21)22-15(4,5)6/h11-12,17H,7-10H2,1-6H3,(H,19,20). The van der Waals surface area contributed by atoms with Gasteiger partial charge in [0.05, 0.1) is 12.0 Å². The van der Waals surface area contributed by atoms with E-state index in [0.717, 1.165) is 6.42 Å². The fraction of sp³-hybridized carbons (Fsp3) is 0.875. The molecule has 0 bridgehead atoms. The van der Waals surface area contributed by atoms with E-state index in [-0.39, 0.29) is 18.6 Å². The molecule has 1 unspecified atom stereocenters. The number of carboxylic acid groups (broad SMARTS) is 1. The van der Waals surface area contributed by atoms with Gasteiger partial charge in [0, 0.05) is 19.1 Å². The van der Waals surface area contributed by atoms with Crippen molar-refractivity contribution in [3.63, 3.8) is 0 Å². The molecule has 128 valence electrons. The van der Waals surface area contributed by atoms with Gasteiger partial charge in [0.15, 0.2) is 0 Å². The smallest absolute Gasteiger partial charge is 0.410 e. The second-order valence-electron chi connectivity index (χ2n) is 7.86. The first-order chi connectivity index (χ1) is 9.92. The summed E-state index contributed by atoms with van der Waals surface area (Å²) in [6.45, 7) is 12.5. The molecule has 0 saturated carbocycles. The van der Waals surface area contributed by atoms with Gasteiger partial charge in [-0.05, 0) is 40.0 Å². The first-order valence-corrected chi connectivity index (χ1v) is 7.90. The van der Waals surface area contributed by atoms with Gasteiger partial charge in [-0.15, -0.1) is 0 Å². The molecule has 22 heavy (non-hydrogen) atoms. The lowest BCUT2D eigenvalue weighted by atomic mass is 9.85. The lowest BCUT2D eigenvalue weighted by Crippen LogP contribution is -2.72. The summed E-state index contributed by atoms with van der Waals surface area (Å²) in [5, 5.41) is 12.6. The molecule has 0 radical (unpaired) electrons. The van der Waals surface area contributed by atoms with Crippen LogP contribution in [0.4, 0.5) is 4.79 Å². The van der Waals surface area contributed by atoms with E-state index in [1.165, 1.54) is 0 Å². The Morgan fingerprint density at radius 3 is 2.23 bits per heavy atom. The van der Waals surface area contributed by atoms with Crippen molar-refractivity contribution >= 4 is 12.1 Å². The van der Waals surface area contributed by atoms with Crippen molar-refractivity contribution in [3.8, 4) is 0 Å². The van der Waals surface area contributed by atoms with Crippen molar-refractivity contribution < 1.29 is 19.4 Å². The van der Waals surface area contributed by atoms with Crippen LogP contribution in [0.25, 0.3) is 0 Å². The number of likely N-dealkylation sites (tertiary alicyclic amines) is 1. The van der Waals surface area contributed by atoms with Crippen LogP contribution in [0.1, 0.15) is 54.4 Å². The maximum atomic E-state index is 12.0. The van der Waals surface area contributed by atoms with E-state index in [2.05, 4.69) is 26.1 Å². The van der Waals surface area contributed by atoms with Gasteiger partial charge in [-0.3, -0.25) is 4.79 Å². The normalized spacial score (nSPS) is 18.8. The predicted octanol–water partition coefficient (Wildman–Crippen LogP) is 2.47. The summed E-state index contributed by atoms with van der Waals surface area (Å²) < 4.78 is 5.32. The van der Waals surface area contributed by atoms with E-state index in [1.54, 1.807) is 4.90 Å². The summed E-state index contributed by atoms with van der Waals surface area (Å²) >= 11 is 0. The lowest BCUT2D eigenvalue weighted by molar-refractivity contribution is -0.141. The van der Waals surface area contributed by atoms with Gasteiger partial charge in [0.25, 0.3) is 0 Å². The third-order valence-corrected chi connectivity index (χ3v) is 3.51. The number of carboxylic acids is 1. The molecule has 0 aromatic rings. The molecule has 1 heterocycles. The van der Waals surface area contributed by atoms with Crippen LogP contribution in [0.2, 0.25) is 0 Å². The SMILES string of the molecule is CC(C)CC(C)NC1(CC(=O)O)CN(C(=O)OC(C)(C)C)C1. The Hall–Kier alpha value is -1.30. The molecule has 1 atom stereocenters. The topological polar surface area (TPSA) is 78.9 Å². The zero-order valence-electron chi connectivity index (χ0n) is 14.6. The zero-order chi connectivity index (χ0) is 17.1. The fourth-order valence-corrected chi connectivity index (χ4v) is 2.97. The number of carbonyl (C=O) groups excluding carboxylic acids is 1. The molecule has 1 fully saturated rings. The van der Waals surface area contributed by atoms with E-state index >= 15 is 0 Å². The summed E-state index contributed by atoms with van der Waals surface area (Å²) in [4.78, 5) is 24.7. The van der Waals surface area contributed by atoms with Crippen LogP contribution < -0.4 is 5.32 Å². The number of carbonyl (C=O) groups is 2. The van der Waals surface area contributed by atoms with Crippen molar-refractivity contribution in [2.24, 2.45) is 5.92 Å². The summed E-state index contributed by atoms with van der Waals surface area (Å²) in [6, 6.07) is 0.208. The second-order valence-corrected chi connectivity index (χ2v) is 7.86. The highest BCUT2D eigenvalue weighted by molar-refractivity contribution is 5.73. The first-order valence-electron chi connectivity index (χ1n) is 7.90. The molecule has 0 aromatic carbocycles. The van der Waals surface area contributed by atoms with Crippen LogP contribution in [-0.2, 0) is 9.53 Å². The molecule has 1 aliphatic rings. The number of ether oxygens (including phenoxy) is 1. The highest BCUT2D eigenvalue weighted by Gasteiger charge is 2.48. The summed E-state index contributed by atoms with van der Waals surface area (Å²) in [7, 11) is 0. The van der Waals surface area contributed by atoms with Gasteiger partial charge in [-0.25, -0.2) is 4.79 Å². The molecule has 0 aromatic heterocycles. The zero-order valence-corrected chi connectivity index (χ0v) is 14.6. The quantitative estimate of drug-likeness (QED) is 0.787. The molecule has 2 N–H and O–H groups in total. The Kier molecular flexibility index (Phi) is 5.84. The van der Waals surface area contributed by atoms with Gasteiger partial charge >= 0.3 is 12.1 Å². The molecule has 6 heteroatoms. The van der Waals surface area contributed by atoms with Gasteiger partial charge < -0.3 is 20.1 Å². The van der Waals surface area contributed by atoms with Crippen molar-refractivity contribution in [1.29, 1.82) is 0 Å². The van der Waals surface area contributed by atoms with Crippen molar-refractivity contribution in [2.75, 3.05) is 13.1 Å². The van der Waals surface area contributed by atoms with Crippen LogP contribution in [0.3, 0.4) is 0 Å². The maximum absolute atomic E-state index is 12.0. The molecule has 1 saturated heterocycles. The number of hydrogen-bond acceptors (Lipinski definition) is 4. The van der Waals surface area contributed by atoms with E-state index in [4.69, 9.17) is 9.84 Å². The Morgan fingerprint density at radius 2 is 1.82 bits per heavy atom. The highest BCUT2D eigenvalue weighted by atomic mass is 16.6. The minimum absolute atomic E-state index is 0.00866. The maximum Gasteiger partial charge on any atom is 0.410 e. The van der Waals surface area contributed by atoms with Crippen LogP contribution in [0.5, 0.6) is 0 Å². The fourth-order valence-electron chi connectivity index (χ4n) is 2.97. The Morgan fingerprint density at radius 1 is 1.27 bits per heavy atom. The van der Waals surface area contributed by atoms with Gasteiger partial charge in [0.2, 0.25) is 0 Å². The summed E-state index contributed by atoms with van der Waals surface area (Å²) in [6.07, 6.45) is 0.592. The molecule has 1 rings (SSSR count). The molecule has 0 aliphatic carbocycles. The molecule has 1 amide bonds. The van der Waals surface area contributed by atoms with Crippen LogP contribution >= 0.6 is 0 Å². The van der Waals surface area contributed by atoms with E-state index < -0.39 is 17.1 Å². The third kappa shape index (κ3) is 5.83. The number of aliphatic carboxylic acids is 1. The van der Waals surface area contributed by atoms with Gasteiger partial charge in [-0.2, -0.15) is 0 Å². The van der Waals surface area contributed by atoms with Gasteiger partial charge in [-0.1, -0.05) is 13.8 Å². The second kappa shape index (κ2) is 6.86. The summed E-state index contributed by atoms with van der Waals surface area (Å²) in [5.74, 6) is -0.320. The Labute approximate surface area is 133 Å². The van der Waals surface area contributed by atoms with Crippen molar-refractivity contribution in [3.05, 3.63) is 0 Å². The van der Waals surface area contributed by atoms with E-state index in [9.17, 15) is 9.59 Å². The highest BCUT2D eigenvalue weighted by Crippen LogP contribution is 2.28. The minimum Gasteiger partial charge on any atom is -0.481 e. The first kappa shape index (κ1) is 18.7. The number of nitrogens with one attached hydrogen (secondary N) is 1. The average molecular weight is 314 g/mol. The van der Waals surface area contributed by atoms with Crippen LogP contribution in [0.15, 0.2) is 0 Å². The molecule has 1 aliphatic heterocycles. The predicted molar refractivity (Wildman–Crippen MR) is 84.8 cm³/mol. The monoisotopic (exact) mass is 314 g/mol. The Bertz CT molecular complexity index is 409. The lowest BCUT2D eigenvalue weighted by Gasteiger charge is -2.51. The number of nitrogens with zero attached hydrogens (tertiary/aromatic N) is 1. The van der Waals surface area contributed by atoms with E-state index in [0.29, 0.717) is 19.0 Å². The number of hydrogen-bond donors (Lipinski definition) is 2. The number of amides is 1. The van der Waals surface area contributed by atoms with Crippen molar-refractivity contribution in [2.45, 2.75) is 71.6 Å². The average Bonchev–Trinajstić information content (AvgIpc) is 2.19. The molecule has 6 nitrogen and oxygen atoms in total. The van der Waals surface area contributed by atoms with Crippen LogP contribution in [0, 0.1) is 5.92 Å². The summed E-state index contributed by atoms with van der Waals surface area (Å²) in [5.41, 5.74) is -1.09.